The van der Waals surface area contributed by atoms with Gasteiger partial charge < -0.3 is 15.2 Å². The molecular formula is C13H17NO3. The van der Waals surface area contributed by atoms with Gasteiger partial charge in [-0.05, 0) is 30.5 Å². The molecule has 0 unspecified atom stereocenters. The van der Waals surface area contributed by atoms with Gasteiger partial charge in [-0.25, -0.2) is 0 Å². The van der Waals surface area contributed by atoms with Crippen LogP contribution < -0.4 is 10.1 Å². The summed E-state index contributed by atoms with van der Waals surface area (Å²) in [6, 6.07) is 7.41. The molecule has 1 aliphatic rings. The van der Waals surface area contributed by atoms with E-state index in [1.54, 1.807) is 7.11 Å². The SMILES string of the molecule is COc1ccc(CC(=O)NC2(CO)CC2)cc1. The lowest BCUT2D eigenvalue weighted by Crippen LogP contribution is -2.40. The molecule has 0 atom stereocenters. The van der Waals surface area contributed by atoms with Crippen LogP contribution in [0, 0.1) is 0 Å². The van der Waals surface area contributed by atoms with Gasteiger partial charge in [0.25, 0.3) is 0 Å². The van der Waals surface area contributed by atoms with E-state index in [0.717, 1.165) is 24.2 Å². The molecule has 92 valence electrons. The zero-order valence-electron chi connectivity index (χ0n) is 9.90. The highest BCUT2D eigenvalue weighted by Crippen LogP contribution is 2.34. The van der Waals surface area contributed by atoms with Gasteiger partial charge in [0.1, 0.15) is 5.75 Å². The molecule has 4 nitrogen and oxygen atoms in total. The van der Waals surface area contributed by atoms with Crippen molar-refractivity contribution in [2.24, 2.45) is 0 Å². The summed E-state index contributed by atoms with van der Waals surface area (Å²) in [5.74, 6) is 0.741. The van der Waals surface area contributed by atoms with Gasteiger partial charge in [-0.1, -0.05) is 12.1 Å². The van der Waals surface area contributed by atoms with Gasteiger partial charge in [0, 0.05) is 0 Å². The average molecular weight is 235 g/mol. The summed E-state index contributed by atoms with van der Waals surface area (Å²) in [6.45, 7) is 0.0291. The monoisotopic (exact) mass is 235 g/mol. The molecule has 2 rings (SSSR count). The molecule has 0 saturated heterocycles. The number of hydrogen-bond donors (Lipinski definition) is 2. The van der Waals surface area contributed by atoms with E-state index in [9.17, 15) is 4.79 Å². The van der Waals surface area contributed by atoms with E-state index in [2.05, 4.69) is 5.32 Å². The third-order valence-corrected chi connectivity index (χ3v) is 3.08. The number of benzene rings is 1. The zero-order valence-corrected chi connectivity index (χ0v) is 9.90. The van der Waals surface area contributed by atoms with Crippen LogP contribution in [0.25, 0.3) is 0 Å². The molecular weight excluding hydrogens is 218 g/mol. The maximum absolute atomic E-state index is 11.7. The minimum atomic E-state index is -0.330. The lowest BCUT2D eigenvalue weighted by molar-refractivity contribution is -0.121. The van der Waals surface area contributed by atoms with Crippen LogP contribution in [0.5, 0.6) is 5.75 Å². The topological polar surface area (TPSA) is 58.6 Å². The Labute approximate surface area is 101 Å². The van der Waals surface area contributed by atoms with Gasteiger partial charge in [-0.3, -0.25) is 4.79 Å². The van der Waals surface area contributed by atoms with Crippen molar-refractivity contribution in [1.29, 1.82) is 0 Å². The first-order valence-corrected chi connectivity index (χ1v) is 5.72. The molecule has 0 aliphatic heterocycles. The molecule has 1 aromatic carbocycles. The van der Waals surface area contributed by atoms with E-state index in [1.807, 2.05) is 24.3 Å². The largest absolute Gasteiger partial charge is 0.497 e. The molecule has 1 saturated carbocycles. The normalized spacial score (nSPS) is 16.4. The standard InChI is InChI=1S/C13H17NO3/c1-17-11-4-2-10(3-5-11)8-12(16)14-13(9-15)6-7-13/h2-5,15H,6-9H2,1H3,(H,14,16). The Kier molecular flexibility index (Phi) is 3.33. The predicted molar refractivity (Wildman–Crippen MR) is 63.9 cm³/mol. The molecule has 0 bridgehead atoms. The smallest absolute Gasteiger partial charge is 0.224 e. The Morgan fingerprint density at radius 2 is 2.06 bits per heavy atom. The molecule has 4 heteroatoms. The summed E-state index contributed by atoms with van der Waals surface area (Å²) in [5.41, 5.74) is 0.612. The maximum Gasteiger partial charge on any atom is 0.224 e. The van der Waals surface area contributed by atoms with Crippen molar-refractivity contribution in [2.75, 3.05) is 13.7 Å². The fraction of sp³-hybridized carbons (Fsp3) is 0.462. The van der Waals surface area contributed by atoms with E-state index in [-0.39, 0.29) is 18.1 Å². The van der Waals surface area contributed by atoms with Gasteiger partial charge in [-0.2, -0.15) is 0 Å². The molecule has 2 N–H and O–H groups in total. The summed E-state index contributed by atoms with van der Waals surface area (Å²) in [7, 11) is 1.61. The van der Waals surface area contributed by atoms with Crippen LogP contribution in [0.3, 0.4) is 0 Å². The second-order valence-corrected chi connectivity index (χ2v) is 4.51. The van der Waals surface area contributed by atoms with Gasteiger partial charge in [0.2, 0.25) is 5.91 Å². The second kappa shape index (κ2) is 4.75. The second-order valence-electron chi connectivity index (χ2n) is 4.51. The number of amides is 1. The third-order valence-electron chi connectivity index (χ3n) is 3.08. The van der Waals surface area contributed by atoms with Gasteiger partial charge >= 0.3 is 0 Å². The maximum atomic E-state index is 11.7. The molecule has 1 aliphatic carbocycles. The Balaban J connectivity index is 1.89. The molecule has 0 radical (unpaired) electrons. The number of aliphatic hydroxyl groups is 1. The minimum Gasteiger partial charge on any atom is -0.497 e. The Bertz CT molecular complexity index is 396. The van der Waals surface area contributed by atoms with Crippen LogP contribution in [0.4, 0.5) is 0 Å². The highest BCUT2D eigenvalue weighted by molar-refractivity contribution is 5.79. The van der Waals surface area contributed by atoms with E-state index < -0.39 is 0 Å². The van der Waals surface area contributed by atoms with Crippen LogP contribution >= 0.6 is 0 Å². The van der Waals surface area contributed by atoms with Crippen molar-refractivity contribution in [3.8, 4) is 5.75 Å². The molecule has 0 heterocycles. The number of carbonyl (C=O) groups is 1. The fourth-order valence-electron chi connectivity index (χ4n) is 1.74. The first-order valence-electron chi connectivity index (χ1n) is 5.72. The first kappa shape index (κ1) is 11.9. The van der Waals surface area contributed by atoms with Crippen molar-refractivity contribution < 1.29 is 14.6 Å². The van der Waals surface area contributed by atoms with Crippen LogP contribution in [-0.2, 0) is 11.2 Å². The van der Waals surface area contributed by atoms with E-state index in [4.69, 9.17) is 9.84 Å². The van der Waals surface area contributed by atoms with Gasteiger partial charge in [0.05, 0.1) is 25.7 Å². The van der Waals surface area contributed by atoms with Gasteiger partial charge in [0.15, 0.2) is 0 Å². The van der Waals surface area contributed by atoms with Crippen LogP contribution in [-0.4, -0.2) is 30.3 Å². The van der Waals surface area contributed by atoms with Crippen LogP contribution in [0.2, 0.25) is 0 Å². The third kappa shape index (κ3) is 2.97. The number of carbonyl (C=O) groups excluding carboxylic acids is 1. The van der Waals surface area contributed by atoms with E-state index in [1.165, 1.54) is 0 Å². The van der Waals surface area contributed by atoms with Crippen LogP contribution in [0.15, 0.2) is 24.3 Å². The van der Waals surface area contributed by atoms with E-state index in [0.29, 0.717) is 6.42 Å². The molecule has 1 aromatic rings. The molecule has 0 aromatic heterocycles. The predicted octanol–water partition coefficient (Wildman–Crippen LogP) is 0.879. The van der Waals surface area contributed by atoms with E-state index >= 15 is 0 Å². The quantitative estimate of drug-likeness (QED) is 0.796. The van der Waals surface area contributed by atoms with Gasteiger partial charge in [-0.15, -0.1) is 0 Å². The first-order chi connectivity index (χ1) is 8.17. The Morgan fingerprint density at radius 3 is 2.53 bits per heavy atom. The van der Waals surface area contributed by atoms with Crippen LogP contribution in [0.1, 0.15) is 18.4 Å². The molecule has 17 heavy (non-hydrogen) atoms. The minimum absolute atomic E-state index is 0.0291. The number of hydrogen-bond acceptors (Lipinski definition) is 3. The number of rotatable bonds is 5. The average Bonchev–Trinajstić information content (AvgIpc) is 3.10. The zero-order chi connectivity index (χ0) is 12.3. The highest BCUT2D eigenvalue weighted by atomic mass is 16.5. The number of aliphatic hydroxyl groups excluding tert-OH is 1. The molecule has 0 spiro atoms. The molecule has 1 amide bonds. The summed E-state index contributed by atoms with van der Waals surface area (Å²) in [6.07, 6.45) is 2.08. The lowest BCUT2D eigenvalue weighted by Gasteiger charge is -2.14. The summed E-state index contributed by atoms with van der Waals surface area (Å²) >= 11 is 0. The highest BCUT2D eigenvalue weighted by Gasteiger charge is 2.43. The van der Waals surface area contributed by atoms with Crippen molar-refractivity contribution >= 4 is 5.91 Å². The summed E-state index contributed by atoms with van der Waals surface area (Å²) < 4.78 is 5.05. The van der Waals surface area contributed by atoms with Crippen molar-refractivity contribution in [3.63, 3.8) is 0 Å². The van der Waals surface area contributed by atoms with Crippen molar-refractivity contribution in [1.82, 2.24) is 5.32 Å². The van der Waals surface area contributed by atoms with Crippen molar-refractivity contribution in [3.05, 3.63) is 29.8 Å². The summed E-state index contributed by atoms with van der Waals surface area (Å²) in [5, 5.41) is 12.0. The number of ether oxygens (including phenoxy) is 1. The molecule has 1 fully saturated rings. The van der Waals surface area contributed by atoms with Crippen molar-refractivity contribution in [2.45, 2.75) is 24.8 Å². The lowest BCUT2D eigenvalue weighted by atomic mass is 10.1. The Morgan fingerprint density at radius 1 is 1.41 bits per heavy atom. The Hall–Kier alpha value is -1.55. The summed E-state index contributed by atoms with van der Waals surface area (Å²) in [4.78, 5) is 11.7. The number of methoxy groups -OCH3 is 1. The fourth-order valence-corrected chi connectivity index (χ4v) is 1.74. The number of nitrogens with one attached hydrogen (secondary N) is 1.